The van der Waals surface area contributed by atoms with E-state index in [1.165, 1.54) is 18.6 Å². The Morgan fingerprint density at radius 2 is 2.15 bits per heavy atom. The maximum atomic E-state index is 13.7. The van der Waals surface area contributed by atoms with Gasteiger partial charge in [-0.2, -0.15) is 0 Å². The SMILES string of the molecule is O=C(O)C=Cc1ccc(C(=O)NCC2CCC2)cc1F. The summed E-state index contributed by atoms with van der Waals surface area (Å²) in [6, 6.07) is 4.01. The lowest BCUT2D eigenvalue weighted by Crippen LogP contribution is -2.32. The van der Waals surface area contributed by atoms with Crippen molar-refractivity contribution in [2.45, 2.75) is 19.3 Å². The molecule has 0 radical (unpaired) electrons. The van der Waals surface area contributed by atoms with Crippen molar-refractivity contribution in [3.05, 3.63) is 41.2 Å². The van der Waals surface area contributed by atoms with Gasteiger partial charge in [0, 0.05) is 23.7 Å². The van der Waals surface area contributed by atoms with Crippen molar-refractivity contribution < 1.29 is 19.1 Å². The van der Waals surface area contributed by atoms with Gasteiger partial charge in [0.25, 0.3) is 5.91 Å². The second kappa shape index (κ2) is 6.32. The molecule has 1 aromatic carbocycles. The molecule has 0 aliphatic heterocycles. The third kappa shape index (κ3) is 3.66. The summed E-state index contributed by atoms with van der Waals surface area (Å²) in [5, 5.41) is 11.3. The van der Waals surface area contributed by atoms with Crippen molar-refractivity contribution in [2.24, 2.45) is 5.92 Å². The van der Waals surface area contributed by atoms with E-state index in [4.69, 9.17) is 5.11 Å². The molecule has 0 heterocycles. The summed E-state index contributed by atoms with van der Waals surface area (Å²) in [6.45, 7) is 0.626. The number of carboxylic acids is 1. The zero-order chi connectivity index (χ0) is 14.5. The van der Waals surface area contributed by atoms with Crippen LogP contribution in [0.2, 0.25) is 0 Å². The zero-order valence-electron chi connectivity index (χ0n) is 10.9. The van der Waals surface area contributed by atoms with Gasteiger partial charge >= 0.3 is 5.97 Å². The molecule has 2 rings (SSSR count). The molecule has 106 valence electrons. The Bertz CT molecular complexity index is 550. The maximum Gasteiger partial charge on any atom is 0.328 e. The normalized spacial score (nSPS) is 15.1. The Balaban J connectivity index is 1.99. The molecule has 4 nitrogen and oxygen atoms in total. The van der Waals surface area contributed by atoms with Gasteiger partial charge in [-0.25, -0.2) is 9.18 Å². The van der Waals surface area contributed by atoms with Crippen LogP contribution in [0.3, 0.4) is 0 Å². The number of nitrogens with one attached hydrogen (secondary N) is 1. The Morgan fingerprint density at radius 1 is 1.40 bits per heavy atom. The topological polar surface area (TPSA) is 66.4 Å². The summed E-state index contributed by atoms with van der Waals surface area (Å²) in [5.74, 6) is -1.52. The predicted molar refractivity (Wildman–Crippen MR) is 72.7 cm³/mol. The van der Waals surface area contributed by atoms with Crippen molar-refractivity contribution in [3.8, 4) is 0 Å². The van der Waals surface area contributed by atoms with Crippen LogP contribution in [0.1, 0.15) is 35.2 Å². The number of benzene rings is 1. The molecule has 0 aromatic heterocycles. The number of halogens is 1. The van der Waals surface area contributed by atoms with E-state index in [2.05, 4.69) is 5.32 Å². The minimum atomic E-state index is -1.15. The Labute approximate surface area is 116 Å². The molecule has 5 heteroatoms. The van der Waals surface area contributed by atoms with Crippen molar-refractivity contribution in [2.75, 3.05) is 6.54 Å². The molecular formula is C15H16FNO3. The fourth-order valence-corrected chi connectivity index (χ4v) is 2.00. The molecule has 1 fully saturated rings. The summed E-state index contributed by atoms with van der Waals surface area (Å²) in [4.78, 5) is 22.2. The first-order valence-electron chi connectivity index (χ1n) is 6.55. The van der Waals surface area contributed by atoms with Crippen LogP contribution in [0.4, 0.5) is 4.39 Å². The molecule has 0 atom stereocenters. The van der Waals surface area contributed by atoms with E-state index in [9.17, 15) is 14.0 Å². The van der Waals surface area contributed by atoms with E-state index in [0.717, 1.165) is 31.1 Å². The van der Waals surface area contributed by atoms with Crippen LogP contribution in [0.5, 0.6) is 0 Å². The molecule has 1 amide bonds. The second-order valence-electron chi connectivity index (χ2n) is 4.91. The van der Waals surface area contributed by atoms with Gasteiger partial charge in [-0.1, -0.05) is 12.5 Å². The van der Waals surface area contributed by atoms with Gasteiger partial charge in [-0.05, 0) is 37.0 Å². The fraction of sp³-hybridized carbons (Fsp3) is 0.333. The second-order valence-corrected chi connectivity index (χ2v) is 4.91. The standard InChI is InChI=1S/C15H16FNO3/c16-13-8-12(5-4-11(13)6-7-14(18)19)15(20)17-9-10-2-1-3-10/h4-8,10H,1-3,9H2,(H,17,20)(H,18,19). The summed E-state index contributed by atoms with van der Waals surface area (Å²) < 4.78 is 13.7. The van der Waals surface area contributed by atoms with Gasteiger partial charge in [-0.3, -0.25) is 4.79 Å². The van der Waals surface area contributed by atoms with Crippen LogP contribution in [0.15, 0.2) is 24.3 Å². The van der Waals surface area contributed by atoms with E-state index in [-0.39, 0.29) is 17.0 Å². The van der Waals surface area contributed by atoms with Crippen molar-refractivity contribution in [1.82, 2.24) is 5.32 Å². The number of hydrogen-bond acceptors (Lipinski definition) is 2. The lowest BCUT2D eigenvalue weighted by atomic mass is 9.85. The monoisotopic (exact) mass is 277 g/mol. The average molecular weight is 277 g/mol. The minimum Gasteiger partial charge on any atom is -0.478 e. The van der Waals surface area contributed by atoms with E-state index in [1.54, 1.807) is 0 Å². The van der Waals surface area contributed by atoms with Gasteiger partial charge in [0.2, 0.25) is 0 Å². The predicted octanol–water partition coefficient (Wildman–Crippen LogP) is 2.45. The highest BCUT2D eigenvalue weighted by Gasteiger charge is 2.18. The zero-order valence-corrected chi connectivity index (χ0v) is 10.9. The molecule has 0 bridgehead atoms. The van der Waals surface area contributed by atoms with Gasteiger partial charge < -0.3 is 10.4 Å². The first-order valence-corrected chi connectivity index (χ1v) is 6.55. The van der Waals surface area contributed by atoms with Crippen LogP contribution < -0.4 is 5.32 Å². The molecule has 1 saturated carbocycles. The molecule has 2 N–H and O–H groups in total. The van der Waals surface area contributed by atoms with Crippen LogP contribution in [-0.2, 0) is 4.79 Å². The highest BCUT2D eigenvalue weighted by atomic mass is 19.1. The summed E-state index contributed by atoms with van der Waals surface area (Å²) >= 11 is 0. The highest BCUT2D eigenvalue weighted by molar-refractivity contribution is 5.94. The highest BCUT2D eigenvalue weighted by Crippen LogP contribution is 2.25. The number of carboxylic acid groups (broad SMARTS) is 1. The van der Waals surface area contributed by atoms with Gasteiger partial charge in [-0.15, -0.1) is 0 Å². The van der Waals surface area contributed by atoms with Crippen LogP contribution in [0, 0.1) is 11.7 Å². The Morgan fingerprint density at radius 3 is 2.70 bits per heavy atom. The first-order chi connectivity index (χ1) is 9.56. The molecule has 1 aromatic rings. The average Bonchev–Trinajstić information content (AvgIpc) is 2.35. The number of hydrogen-bond donors (Lipinski definition) is 2. The van der Waals surface area contributed by atoms with E-state index in [1.807, 2.05) is 0 Å². The fourth-order valence-electron chi connectivity index (χ4n) is 2.00. The first kappa shape index (κ1) is 14.2. The minimum absolute atomic E-state index is 0.142. The van der Waals surface area contributed by atoms with Crippen LogP contribution in [0.25, 0.3) is 6.08 Å². The molecular weight excluding hydrogens is 261 g/mol. The Kier molecular flexibility index (Phi) is 4.50. The Hall–Kier alpha value is -2.17. The number of rotatable bonds is 5. The third-order valence-corrected chi connectivity index (χ3v) is 3.44. The van der Waals surface area contributed by atoms with Crippen molar-refractivity contribution >= 4 is 18.0 Å². The van der Waals surface area contributed by atoms with E-state index < -0.39 is 11.8 Å². The molecule has 0 saturated heterocycles. The van der Waals surface area contributed by atoms with Crippen molar-refractivity contribution in [3.63, 3.8) is 0 Å². The molecule has 1 aliphatic rings. The van der Waals surface area contributed by atoms with E-state index >= 15 is 0 Å². The molecule has 0 unspecified atom stereocenters. The van der Waals surface area contributed by atoms with Gasteiger partial charge in [0.05, 0.1) is 0 Å². The number of aliphatic carboxylic acids is 1. The summed E-state index contributed by atoms with van der Waals surface area (Å²) in [6.07, 6.45) is 5.49. The largest absolute Gasteiger partial charge is 0.478 e. The van der Waals surface area contributed by atoms with Gasteiger partial charge in [0.15, 0.2) is 0 Å². The van der Waals surface area contributed by atoms with Crippen molar-refractivity contribution in [1.29, 1.82) is 0 Å². The van der Waals surface area contributed by atoms with E-state index in [0.29, 0.717) is 12.5 Å². The molecule has 0 spiro atoms. The summed E-state index contributed by atoms with van der Waals surface area (Å²) in [5.41, 5.74) is 0.386. The quantitative estimate of drug-likeness (QED) is 0.812. The number of amides is 1. The maximum absolute atomic E-state index is 13.7. The van der Waals surface area contributed by atoms with Gasteiger partial charge in [0.1, 0.15) is 5.82 Å². The molecule has 20 heavy (non-hydrogen) atoms. The third-order valence-electron chi connectivity index (χ3n) is 3.44. The number of carbonyl (C=O) groups excluding carboxylic acids is 1. The van der Waals surface area contributed by atoms with Crippen LogP contribution in [-0.4, -0.2) is 23.5 Å². The lowest BCUT2D eigenvalue weighted by Gasteiger charge is -2.25. The molecule has 1 aliphatic carbocycles. The smallest absolute Gasteiger partial charge is 0.328 e. The number of carbonyl (C=O) groups is 2. The lowest BCUT2D eigenvalue weighted by molar-refractivity contribution is -0.131. The summed E-state index contributed by atoms with van der Waals surface area (Å²) in [7, 11) is 0. The van der Waals surface area contributed by atoms with Crippen LogP contribution >= 0.6 is 0 Å².